The first-order chi connectivity index (χ1) is 7.54. The first kappa shape index (κ1) is 4.45. The molecule has 0 unspecified atom stereocenters. The third kappa shape index (κ3) is 1.69. The van der Waals surface area contributed by atoms with Gasteiger partial charge in [-0.25, -0.2) is 0 Å². The first-order valence-corrected chi connectivity index (χ1v) is 4.62. The fraction of sp³-hybridized carbons (Fsp3) is 0.500. The summed E-state index contributed by atoms with van der Waals surface area (Å²) >= 11 is 0. The average molecular weight is 164 g/mol. The third-order valence-corrected chi connectivity index (χ3v) is 2.40. The van der Waals surface area contributed by atoms with Gasteiger partial charge >= 0.3 is 0 Å². The van der Waals surface area contributed by atoms with Gasteiger partial charge in [-0.05, 0) is 24.3 Å². The van der Waals surface area contributed by atoms with Crippen LogP contribution in [0.4, 0.5) is 0 Å². The highest BCUT2D eigenvalue weighted by Gasteiger charge is 2.14. The van der Waals surface area contributed by atoms with Crippen LogP contribution in [0, 0.1) is 0 Å². The van der Waals surface area contributed by atoms with E-state index in [9.17, 15) is 0 Å². The molecule has 0 spiro atoms. The van der Waals surface area contributed by atoms with Crippen molar-refractivity contribution < 1.29 is 5.48 Å². The van der Waals surface area contributed by atoms with Gasteiger partial charge in [0, 0.05) is 1.37 Å². The van der Waals surface area contributed by atoms with Crippen LogP contribution in [0.15, 0.2) is 30.3 Å². The minimum Gasteiger partial charge on any atom is -0.0622 e. The monoisotopic (exact) mass is 164 g/mol. The van der Waals surface area contributed by atoms with E-state index in [1.54, 1.807) is 6.07 Å². The van der Waals surface area contributed by atoms with Crippen molar-refractivity contribution in [2.75, 3.05) is 0 Å². The molecular formula is C12H16. The maximum Gasteiger partial charge on any atom is 0.0626 e. The summed E-state index contributed by atoms with van der Waals surface area (Å²) in [5.74, 6) is -0.802. The largest absolute Gasteiger partial charge is 0.0626 e. The van der Waals surface area contributed by atoms with E-state index in [1.165, 1.54) is 6.07 Å². The molecule has 0 saturated heterocycles. The summed E-state index contributed by atoms with van der Waals surface area (Å²) in [5, 5.41) is 0. The Kier molecular flexibility index (Phi) is 1.39. The summed E-state index contributed by atoms with van der Waals surface area (Å²) < 4.78 is 31.7. The molecule has 2 rings (SSSR count). The minimum atomic E-state index is -0.802. The van der Waals surface area contributed by atoms with Gasteiger partial charge in [-0.2, -0.15) is 0 Å². The van der Waals surface area contributed by atoms with Crippen molar-refractivity contribution in [1.82, 2.24) is 0 Å². The minimum absolute atomic E-state index is 0.0735. The molecule has 0 aliphatic heterocycles. The van der Waals surface area contributed by atoms with Gasteiger partial charge in [-0.15, -0.1) is 0 Å². The lowest BCUT2D eigenvalue weighted by molar-refractivity contribution is 0.443. The van der Waals surface area contributed by atoms with Gasteiger partial charge in [-0.3, -0.25) is 0 Å². The molecule has 1 fully saturated rings. The van der Waals surface area contributed by atoms with Crippen LogP contribution in [-0.4, -0.2) is 0 Å². The summed E-state index contributed by atoms with van der Waals surface area (Å²) in [6.45, 7) is 0. The molecule has 0 aromatic heterocycles. The van der Waals surface area contributed by atoms with Crippen molar-refractivity contribution in [3.8, 4) is 0 Å². The highest BCUT2D eigenvalue weighted by atomic mass is 14.2. The van der Waals surface area contributed by atoms with E-state index in [1.807, 2.05) is 0 Å². The molecule has 0 heterocycles. The van der Waals surface area contributed by atoms with Gasteiger partial charge in [0.15, 0.2) is 0 Å². The Labute approximate surface area is 80.2 Å². The van der Waals surface area contributed by atoms with Crippen LogP contribution in [0.3, 0.4) is 0 Å². The van der Waals surface area contributed by atoms with E-state index >= 15 is 0 Å². The fourth-order valence-corrected chi connectivity index (χ4v) is 1.74. The quantitative estimate of drug-likeness (QED) is 0.593. The second-order valence-electron chi connectivity index (χ2n) is 3.29. The maximum atomic E-state index is 8.42. The van der Waals surface area contributed by atoms with Crippen molar-refractivity contribution in [2.24, 2.45) is 0 Å². The predicted octanol–water partition coefficient (Wildman–Crippen LogP) is 3.73. The van der Waals surface area contributed by atoms with E-state index in [4.69, 9.17) is 5.48 Å². The molecule has 1 aromatic carbocycles. The molecule has 0 heteroatoms. The predicted molar refractivity (Wildman–Crippen MR) is 52.3 cm³/mol. The van der Waals surface area contributed by atoms with Crippen LogP contribution in [0.2, 0.25) is 0 Å². The molecule has 0 N–H and O–H groups in total. The van der Waals surface area contributed by atoms with Crippen molar-refractivity contribution in [3.63, 3.8) is 0 Å². The fourth-order valence-electron chi connectivity index (χ4n) is 1.74. The van der Waals surface area contributed by atoms with Gasteiger partial charge < -0.3 is 0 Å². The van der Waals surface area contributed by atoms with E-state index in [0.29, 0.717) is 18.4 Å². The van der Waals surface area contributed by atoms with Gasteiger partial charge in [-0.1, -0.05) is 49.5 Å². The van der Waals surface area contributed by atoms with Crippen LogP contribution in [0.1, 0.15) is 49.0 Å². The van der Waals surface area contributed by atoms with Gasteiger partial charge in [0.25, 0.3) is 0 Å². The van der Waals surface area contributed by atoms with Crippen LogP contribution < -0.4 is 0 Å². The summed E-state index contributed by atoms with van der Waals surface area (Å²) in [6, 6.07) is 3.46. The molecule has 1 aliphatic rings. The molecule has 1 aliphatic carbocycles. The van der Waals surface area contributed by atoms with Gasteiger partial charge in [0.1, 0.15) is 0 Å². The molecule has 0 radical (unpaired) electrons. The normalized spacial score (nSPS) is 26.7. The molecule has 0 nitrogen and oxygen atoms in total. The topological polar surface area (TPSA) is 0 Å². The summed E-state index contributed by atoms with van der Waals surface area (Å²) in [6.07, 6.45) is 4.56. The Morgan fingerprint density at radius 1 is 1.17 bits per heavy atom. The van der Waals surface area contributed by atoms with Crippen LogP contribution >= 0.6 is 0 Å². The van der Waals surface area contributed by atoms with Crippen molar-refractivity contribution in [2.45, 2.75) is 38.0 Å². The Morgan fingerprint density at radius 3 is 2.83 bits per heavy atom. The van der Waals surface area contributed by atoms with Crippen LogP contribution in [0.25, 0.3) is 0 Å². The lowest BCUT2D eigenvalue weighted by Crippen LogP contribution is -2.03. The van der Waals surface area contributed by atoms with E-state index < -0.39 is 5.89 Å². The second kappa shape index (κ2) is 3.75. The Morgan fingerprint density at radius 2 is 2.00 bits per heavy atom. The number of hydrogen-bond acceptors (Lipinski definition) is 0. The Hall–Kier alpha value is -0.780. The van der Waals surface area contributed by atoms with E-state index in [2.05, 4.69) is 0 Å². The number of hydrogen-bond donors (Lipinski definition) is 0. The average Bonchev–Trinajstić information content (AvgIpc) is 2.25. The smallest absolute Gasteiger partial charge is 0.0622 e. The molecule has 0 amide bonds. The SMILES string of the molecule is [2H]c1ccc([2H])c(C2([2H])CCCCC2)c1[2H]. The Balaban J connectivity index is 2.49. The maximum absolute atomic E-state index is 8.42. The zero-order valence-corrected chi connectivity index (χ0v) is 7.19. The molecular weight excluding hydrogens is 144 g/mol. The number of benzene rings is 1. The van der Waals surface area contributed by atoms with E-state index in [-0.39, 0.29) is 18.1 Å². The molecule has 12 heavy (non-hydrogen) atoms. The summed E-state index contributed by atoms with van der Waals surface area (Å²) in [5.41, 5.74) is 0.458. The highest BCUT2D eigenvalue weighted by Crippen LogP contribution is 2.31. The molecule has 1 aromatic rings. The lowest BCUT2D eigenvalue weighted by atomic mass is 9.84. The summed E-state index contributed by atoms with van der Waals surface area (Å²) in [7, 11) is 0. The standard InChI is InChI=1S/C12H16/c1-3-7-11(8-4-1)12-9-5-2-6-10-12/h1,3-4,7-8,12H,2,5-6,9-10H2/i3D,7D,8D,12D. The number of rotatable bonds is 1. The third-order valence-electron chi connectivity index (χ3n) is 2.40. The summed E-state index contributed by atoms with van der Waals surface area (Å²) in [4.78, 5) is 0. The molecule has 64 valence electrons. The van der Waals surface area contributed by atoms with Crippen LogP contribution in [0.5, 0.6) is 0 Å². The molecule has 0 atom stereocenters. The van der Waals surface area contributed by atoms with Gasteiger partial charge in [0.2, 0.25) is 0 Å². The van der Waals surface area contributed by atoms with Crippen LogP contribution in [-0.2, 0) is 0 Å². The van der Waals surface area contributed by atoms with Gasteiger partial charge in [0.05, 0.1) is 4.11 Å². The molecule has 0 bridgehead atoms. The first-order valence-electron chi connectivity index (χ1n) is 6.62. The Bertz CT molecular complexity index is 394. The lowest BCUT2D eigenvalue weighted by Gasteiger charge is -2.21. The highest BCUT2D eigenvalue weighted by molar-refractivity contribution is 5.19. The second-order valence-corrected chi connectivity index (χ2v) is 3.29. The molecule has 1 saturated carbocycles. The van der Waals surface area contributed by atoms with E-state index in [0.717, 1.165) is 19.3 Å². The van der Waals surface area contributed by atoms with Crippen molar-refractivity contribution in [3.05, 3.63) is 35.8 Å². The zero-order chi connectivity index (χ0) is 11.8. The van der Waals surface area contributed by atoms with Crippen molar-refractivity contribution >= 4 is 0 Å². The zero-order valence-electron chi connectivity index (χ0n) is 11.2. The van der Waals surface area contributed by atoms with Crippen molar-refractivity contribution in [1.29, 1.82) is 0 Å².